The van der Waals surface area contributed by atoms with Gasteiger partial charge in [-0.15, -0.1) is 0 Å². The molecular weight excluding hydrogens is 468 g/mol. The highest BCUT2D eigenvalue weighted by atomic mass is 16.5. The molecule has 3 aromatic heterocycles. The molecule has 188 valence electrons. The Morgan fingerprint density at radius 1 is 0.838 bits per heavy atom. The van der Waals surface area contributed by atoms with Gasteiger partial charge in [0.25, 0.3) is 0 Å². The third-order valence-electron chi connectivity index (χ3n) is 6.13. The Kier molecular flexibility index (Phi) is 6.85. The van der Waals surface area contributed by atoms with Crippen molar-refractivity contribution in [1.29, 1.82) is 0 Å². The highest BCUT2D eigenvalue weighted by Crippen LogP contribution is 2.34. The van der Waals surface area contributed by atoms with Crippen molar-refractivity contribution in [2.75, 3.05) is 32.8 Å². The zero-order chi connectivity index (χ0) is 25.8. The number of pyridine rings is 1. The van der Waals surface area contributed by atoms with Crippen LogP contribution in [0.25, 0.3) is 22.3 Å². The van der Waals surface area contributed by atoms with Crippen LogP contribution in [-0.4, -0.2) is 52.6 Å². The van der Waals surface area contributed by atoms with Crippen molar-refractivity contribution in [1.82, 2.24) is 24.7 Å². The molecule has 0 N–H and O–H groups in total. The molecule has 0 saturated heterocycles. The highest BCUT2D eigenvalue weighted by molar-refractivity contribution is 5.82. The molecule has 5 aromatic rings. The van der Waals surface area contributed by atoms with Gasteiger partial charge < -0.3 is 19.1 Å². The first-order valence-electron chi connectivity index (χ1n) is 11.8. The van der Waals surface area contributed by atoms with Gasteiger partial charge in [-0.25, -0.2) is 4.98 Å². The van der Waals surface area contributed by atoms with Crippen molar-refractivity contribution in [3.63, 3.8) is 0 Å². The first-order chi connectivity index (χ1) is 18.1. The predicted octanol–water partition coefficient (Wildman–Crippen LogP) is 4.83. The average molecular weight is 497 g/mol. The minimum Gasteiger partial charge on any atom is -0.497 e. The summed E-state index contributed by atoms with van der Waals surface area (Å²) in [4.78, 5) is 16.2. The number of benzene rings is 2. The third-order valence-corrected chi connectivity index (χ3v) is 6.13. The van der Waals surface area contributed by atoms with E-state index >= 15 is 0 Å². The van der Waals surface area contributed by atoms with E-state index in [1.165, 1.54) is 0 Å². The van der Waals surface area contributed by atoms with E-state index in [2.05, 4.69) is 20.0 Å². The van der Waals surface area contributed by atoms with Crippen molar-refractivity contribution in [3.05, 3.63) is 79.0 Å². The summed E-state index contributed by atoms with van der Waals surface area (Å²) in [5.41, 5.74) is 6.03. The highest BCUT2D eigenvalue weighted by Gasteiger charge is 2.16. The normalized spacial score (nSPS) is 10.9. The van der Waals surface area contributed by atoms with Crippen LogP contribution in [0.2, 0.25) is 0 Å². The van der Waals surface area contributed by atoms with Gasteiger partial charge in [0.2, 0.25) is 0 Å². The number of hydrogen-bond donors (Lipinski definition) is 0. The van der Waals surface area contributed by atoms with E-state index in [0.29, 0.717) is 24.5 Å². The zero-order valence-corrected chi connectivity index (χ0v) is 21.3. The minimum atomic E-state index is 0.630. The van der Waals surface area contributed by atoms with Gasteiger partial charge in [-0.3, -0.25) is 14.6 Å². The molecule has 0 aliphatic rings. The summed E-state index contributed by atoms with van der Waals surface area (Å²) in [7, 11) is 6.83. The number of anilines is 2. The first-order valence-corrected chi connectivity index (χ1v) is 11.8. The summed E-state index contributed by atoms with van der Waals surface area (Å²) in [6.45, 7) is 0.630. The predicted molar refractivity (Wildman–Crippen MR) is 143 cm³/mol. The first kappa shape index (κ1) is 24.1. The fourth-order valence-corrected chi connectivity index (χ4v) is 4.23. The Bertz CT molecular complexity index is 1510. The van der Waals surface area contributed by atoms with Gasteiger partial charge >= 0.3 is 0 Å². The molecule has 9 heteroatoms. The van der Waals surface area contributed by atoms with E-state index in [1.807, 2.05) is 61.8 Å². The van der Waals surface area contributed by atoms with Gasteiger partial charge in [-0.2, -0.15) is 5.10 Å². The molecule has 0 amide bonds. The Hall–Kier alpha value is -4.66. The average Bonchev–Trinajstić information content (AvgIpc) is 3.38. The number of rotatable bonds is 9. The lowest BCUT2D eigenvalue weighted by Gasteiger charge is -2.26. The monoisotopic (exact) mass is 496 g/mol. The largest absolute Gasteiger partial charge is 0.497 e. The molecule has 0 radical (unpaired) electrons. The van der Waals surface area contributed by atoms with Crippen molar-refractivity contribution < 1.29 is 14.2 Å². The Morgan fingerprint density at radius 3 is 2.35 bits per heavy atom. The van der Waals surface area contributed by atoms with Crippen molar-refractivity contribution in [2.24, 2.45) is 7.05 Å². The second-order valence-electron chi connectivity index (χ2n) is 8.46. The van der Waals surface area contributed by atoms with Crippen molar-refractivity contribution in [2.45, 2.75) is 6.42 Å². The molecular formula is C28H28N6O3. The lowest BCUT2D eigenvalue weighted by Crippen LogP contribution is -2.21. The minimum absolute atomic E-state index is 0.630. The number of fused-ring (bicyclic) bond motifs is 1. The molecule has 0 atom stereocenters. The molecule has 0 fully saturated rings. The van der Waals surface area contributed by atoms with Crippen LogP contribution in [0.5, 0.6) is 17.2 Å². The molecule has 0 unspecified atom stereocenters. The van der Waals surface area contributed by atoms with Crippen LogP contribution >= 0.6 is 0 Å². The van der Waals surface area contributed by atoms with Gasteiger partial charge in [0.1, 0.15) is 17.2 Å². The summed E-state index contributed by atoms with van der Waals surface area (Å²) in [6.07, 6.45) is 7.92. The summed E-state index contributed by atoms with van der Waals surface area (Å²) >= 11 is 0. The van der Waals surface area contributed by atoms with Crippen LogP contribution < -0.4 is 19.1 Å². The second kappa shape index (κ2) is 10.5. The maximum atomic E-state index is 5.55. The maximum absolute atomic E-state index is 5.55. The topological polar surface area (TPSA) is 87.4 Å². The molecule has 2 aromatic carbocycles. The number of nitrogens with zero attached hydrogens (tertiary/aromatic N) is 6. The van der Waals surface area contributed by atoms with Gasteiger partial charge in [0, 0.05) is 67.5 Å². The van der Waals surface area contributed by atoms with E-state index in [9.17, 15) is 0 Å². The molecule has 9 nitrogen and oxygen atoms in total. The van der Waals surface area contributed by atoms with E-state index in [-0.39, 0.29) is 0 Å². The van der Waals surface area contributed by atoms with Crippen LogP contribution in [0.4, 0.5) is 11.4 Å². The van der Waals surface area contributed by atoms with Crippen molar-refractivity contribution in [3.8, 4) is 28.5 Å². The SMILES string of the molecule is COc1cc(OC)cc(N(CCc2ncccc2OC)c2ccc3ncc(-c4cnn(C)c4)nc3c2)c1. The molecule has 37 heavy (non-hydrogen) atoms. The number of methoxy groups -OCH3 is 3. The van der Waals surface area contributed by atoms with Crippen molar-refractivity contribution >= 4 is 22.4 Å². The number of aromatic nitrogens is 5. The Morgan fingerprint density at radius 2 is 1.65 bits per heavy atom. The Balaban J connectivity index is 1.57. The summed E-state index contributed by atoms with van der Waals surface area (Å²) in [6, 6.07) is 15.7. The van der Waals surface area contributed by atoms with E-state index in [4.69, 9.17) is 19.2 Å². The van der Waals surface area contributed by atoms with Crippen LogP contribution in [0, 0.1) is 0 Å². The fourth-order valence-electron chi connectivity index (χ4n) is 4.23. The second-order valence-corrected chi connectivity index (χ2v) is 8.46. The molecule has 0 bridgehead atoms. The fraction of sp³-hybridized carbons (Fsp3) is 0.214. The molecule has 3 heterocycles. The number of ether oxygens (including phenoxy) is 3. The van der Waals surface area contributed by atoms with Gasteiger partial charge in [0.05, 0.1) is 56.1 Å². The molecule has 0 spiro atoms. The maximum Gasteiger partial charge on any atom is 0.140 e. The lowest BCUT2D eigenvalue weighted by molar-refractivity contribution is 0.394. The summed E-state index contributed by atoms with van der Waals surface area (Å²) in [5, 5.41) is 4.26. The van der Waals surface area contributed by atoms with Crippen LogP contribution in [0.3, 0.4) is 0 Å². The molecule has 0 aliphatic heterocycles. The zero-order valence-electron chi connectivity index (χ0n) is 21.3. The number of aryl methyl sites for hydroxylation is 1. The van der Waals surface area contributed by atoms with E-state index in [1.54, 1.807) is 44.6 Å². The van der Waals surface area contributed by atoms with Gasteiger partial charge in [-0.1, -0.05) is 0 Å². The summed E-state index contributed by atoms with van der Waals surface area (Å²) in [5.74, 6) is 2.17. The van der Waals surface area contributed by atoms with Gasteiger partial charge in [-0.05, 0) is 30.3 Å². The Labute approximate surface area is 215 Å². The van der Waals surface area contributed by atoms with E-state index in [0.717, 1.165) is 45.1 Å². The molecule has 0 aliphatic carbocycles. The van der Waals surface area contributed by atoms with Crippen LogP contribution in [0.1, 0.15) is 5.69 Å². The smallest absolute Gasteiger partial charge is 0.140 e. The molecule has 5 rings (SSSR count). The third kappa shape index (κ3) is 5.16. The van der Waals surface area contributed by atoms with Gasteiger partial charge in [0.15, 0.2) is 0 Å². The summed E-state index contributed by atoms with van der Waals surface area (Å²) < 4.78 is 18.4. The number of hydrogen-bond acceptors (Lipinski definition) is 8. The van der Waals surface area contributed by atoms with Crippen LogP contribution in [-0.2, 0) is 13.5 Å². The van der Waals surface area contributed by atoms with Crippen LogP contribution in [0.15, 0.2) is 73.3 Å². The standard InChI is InChI=1S/C28H28N6O3/c1-33-18-19(16-31-33)27-17-30-24-8-7-20(14-26(24)32-27)34(11-9-25-28(37-4)6-5-10-29-25)21-12-22(35-2)15-23(13-21)36-3/h5-8,10,12-18H,9,11H2,1-4H3. The van der Waals surface area contributed by atoms with E-state index < -0.39 is 0 Å². The molecule has 0 saturated carbocycles. The quantitative estimate of drug-likeness (QED) is 0.287. The lowest BCUT2D eigenvalue weighted by atomic mass is 10.1.